The number of nitrogens with zero attached hydrogens (tertiary/aromatic N) is 2. The van der Waals surface area contributed by atoms with Gasteiger partial charge >= 0.3 is 0 Å². The van der Waals surface area contributed by atoms with Gasteiger partial charge in [-0.25, -0.2) is 9.97 Å². The molecule has 4 nitrogen and oxygen atoms in total. The van der Waals surface area contributed by atoms with Crippen LogP contribution in [0, 0.1) is 0 Å². The van der Waals surface area contributed by atoms with Crippen LogP contribution in [-0.4, -0.2) is 9.97 Å². The van der Waals surface area contributed by atoms with Crippen molar-refractivity contribution >= 4 is 53.7 Å². The molecule has 10 rings (SSSR count). The molecule has 1 aliphatic rings. The lowest BCUT2D eigenvalue weighted by Crippen LogP contribution is -2.14. The van der Waals surface area contributed by atoms with E-state index in [-0.39, 0.29) is 63.6 Å². The zero-order valence-electron chi connectivity index (χ0n) is 32.5. The van der Waals surface area contributed by atoms with E-state index in [1.807, 2.05) is 18.2 Å². The van der Waals surface area contributed by atoms with E-state index in [4.69, 9.17) is 19.8 Å². The molecule has 6 aromatic carbocycles. The van der Waals surface area contributed by atoms with Gasteiger partial charge in [0.1, 0.15) is 11.0 Å². The Labute approximate surface area is 279 Å². The number of benzene rings is 6. The van der Waals surface area contributed by atoms with Gasteiger partial charge < -0.3 is 8.83 Å². The van der Waals surface area contributed by atoms with Crippen molar-refractivity contribution in [2.75, 3.05) is 0 Å². The van der Waals surface area contributed by atoms with Gasteiger partial charge in [-0.2, -0.15) is 0 Å². The maximum Gasteiger partial charge on any atom is 0.227 e. The van der Waals surface area contributed by atoms with Crippen LogP contribution in [0.3, 0.4) is 0 Å². The largest absolute Gasteiger partial charge is 0.436 e. The van der Waals surface area contributed by atoms with E-state index in [1.54, 1.807) is 17.4 Å². The average Bonchev–Trinajstić information content (AvgIpc) is 3.96. The summed E-state index contributed by atoms with van der Waals surface area (Å²) in [4.78, 5) is 9.05. The van der Waals surface area contributed by atoms with Crippen LogP contribution in [0.5, 0.6) is 0 Å². The molecule has 0 bridgehead atoms. The van der Waals surface area contributed by atoms with Crippen LogP contribution in [0.25, 0.3) is 87.5 Å². The van der Waals surface area contributed by atoms with Crippen molar-refractivity contribution in [3.05, 3.63) is 132 Å². The molecule has 5 heteroatoms. The molecule has 3 heterocycles. The summed E-state index contributed by atoms with van der Waals surface area (Å²) in [5.41, 5.74) is 6.76. The molecule has 0 saturated heterocycles. The monoisotopic (exact) mass is 618 g/mol. The third-order valence-corrected chi connectivity index (χ3v) is 10.2. The second-order valence-electron chi connectivity index (χ2n) is 12.1. The van der Waals surface area contributed by atoms with Gasteiger partial charge in [0.25, 0.3) is 0 Å². The molecule has 0 atom stereocenters. The average molecular weight is 619 g/mol. The molecule has 0 aliphatic heterocycles. The van der Waals surface area contributed by atoms with E-state index in [0.29, 0.717) is 11.1 Å². The molecule has 0 radical (unpaired) electrons. The Morgan fingerprint density at radius 2 is 1.22 bits per heavy atom. The molecule has 0 amide bonds. The van der Waals surface area contributed by atoms with Crippen LogP contribution in [-0.2, 0) is 5.41 Å². The van der Waals surface area contributed by atoms with Crippen LogP contribution >= 0.6 is 11.3 Å². The molecule has 9 aromatic rings. The second kappa shape index (κ2) is 9.25. The van der Waals surface area contributed by atoms with Crippen LogP contribution in [0.1, 0.15) is 35.9 Å². The van der Waals surface area contributed by atoms with Gasteiger partial charge in [0.15, 0.2) is 11.2 Å². The van der Waals surface area contributed by atoms with Crippen molar-refractivity contribution in [2.24, 2.45) is 0 Å². The number of rotatable bonds is 3. The highest BCUT2D eigenvalue weighted by Gasteiger charge is 2.36. The van der Waals surface area contributed by atoms with E-state index in [9.17, 15) is 0 Å². The van der Waals surface area contributed by atoms with Crippen molar-refractivity contribution in [1.82, 2.24) is 9.97 Å². The highest BCUT2D eigenvalue weighted by atomic mass is 32.1. The summed E-state index contributed by atoms with van der Waals surface area (Å²) in [6, 6.07) is 21.9. The Bertz CT molecular complexity index is 2940. The van der Waals surface area contributed by atoms with Crippen molar-refractivity contribution < 1.29 is 19.8 Å². The van der Waals surface area contributed by atoms with E-state index in [2.05, 4.69) is 72.3 Å². The van der Waals surface area contributed by atoms with Gasteiger partial charge in [-0.3, -0.25) is 0 Å². The normalized spacial score (nSPS) is 16.0. The summed E-state index contributed by atoms with van der Waals surface area (Å²) >= 11 is 1.80. The van der Waals surface area contributed by atoms with Gasteiger partial charge in [0, 0.05) is 36.7 Å². The highest BCUT2D eigenvalue weighted by molar-refractivity contribution is 7.25. The minimum Gasteiger partial charge on any atom is -0.436 e. The molecule has 46 heavy (non-hydrogen) atoms. The zero-order chi connectivity index (χ0) is 37.5. The summed E-state index contributed by atoms with van der Waals surface area (Å²) in [5, 5.41) is 2.48. The van der Waals surface area contributed by atoms with Crippen molar-refractivity contribution in [2.45, 2.75) is 19.3 Å². The summed E-state index contributed by atoms with van der Waals surface area (Å²) in [7, 11) is 0. The minimum atomic E-state index is -0.425. The predicted octanol–water partition coefficient (Wildman–Crippen LogP) is 11.6. The van der Waals surface area contributed by atoms with Gasteiger partial charge in [-0.15, -0.1) is 11.3 Å². The molecule has 218 valence electrons. The van der Waals surface area contributed by atoms with Gasteiger partial charge in [0.05, 0.1) is 11.0 Å². The van der Waals surface area contributed by atoms with Crippen molar-refractivity contribution in [1.29, 1.82) is 0 Å². The maximum absolute atomic E-state index is 8.43. The van der Waals surface area contributed by atoms with Crippen molar-refractivity contribution in [3.8, 4) is 45.2 Å². The summed E-state index contributed by atoms with van der Waals surface area (Å²) < 4.78 is 80.8. The van der Waals surface area contributed by atoms with E-state index >= 15 is 0 Å². The van der Waals surface area contributed by atoms with Crippen molar-refractivity contribution in [3.63, 3.8) is 0 Å². The van der Waals surface area contributed by atoms with Gasteiger partial charge in [0.2, 0.25) is 11.8 Å². The molecule has 0 fully saturated rings. The van der Waals surface area contributed by atoms with Gasteiger partial charge in [-0.05, 0) is 100 Å². The molecule has 3 aromatic heterocycles. The summed E-state index contributed by atoms with van der Waals surface area (Å²) in [6.07, 6.45) is 0. The lowest BCUT2D eigenvalue weighted by Gasteiger charge is -2.22. The summed E-state index contributed by atoms with van der Waals surface area (Å²) in [6.45, 7) is 4.46. The van der Waals surface area contributed by atoms with Crippen LogP contribution in [0.15, 0.2) is 130 Å². The zero-order valence-corrected chi connectivity index (χ0v) is 25.4. The highest BCUT2D eigenvalue weighted by Crippen LogP contribution is 2.52. The first-order valence-electron chi connectivity index (χ1n) is 18.8. The standard InChI is InChI=1S/C41H26N2O2S/c1-41(2)31-20-23(15-16-27(31)29-21-30-28-9-3-8-14-37(28)46-38(30)22-32(29)41)24-17-25(39-42-33-10-4-6-12-35(33)44-39)19-26(18-24)40-43-34-11-5-7-13-36(34)45-40/h3-22H,1-2H3/i4D,5D,6D,7D,10D,11D,12D,13D. The molecule has 0 unspecified atom stereocenters. The Morgan fingerprint density at radius 1 is 0.587 bits per heavy atom. The van der Waals surface area contributed by atoms with Gasteiger partial charge in [-0.1, -0.05) is 68.3 Å². The van der Waals surface area contributed by atoms with E-state index in [1.165, 1.54) is 31.3 Å². The Balaban J connectivity index is 1.18. The molecular formula is C41H26N2O2S. The van der Waals surface area contributed by atoms with E-state index in [0.717, 1.165) is 22.3 Å². The first-order valence-corrected chi connectivity index (χ1v) is 15.6. The van der Waals surface area contributed by atoms with Crippen LogP contribution in [0.4, 0.5) is 0 Å². The number of hydrogen-bond donors (Lipinski definition) is 0. The number of hydrogen-bond acceptors (Lipinski definition) is 5. The lowest BCUT2D eigenvalue weighted by molar-refractivity contribution is 0.617. The topological polar surface area (TPSA) is 52.1 Å². The lowest BCUT2D eigenvalue weighted by atomic mass is 9.81. The fraction of sp³-hybridized carbons (Fsp3) is 0.0732. The smallest absolute Gasteiger partial charge is 0.227 e. The number of fused-ring (bicyclic) bond motifs is 8. The second-order valence-corrected chi connectivity index (χ2v) is 13.2. The Kier molecular flexibility index (Phi) is 3.84. The minimum absolute atomic E-state index is 0.00168. The first kappa shape index (κ1) is 19.1. The fourth-order valence-corrected chi connectivity index (χ4v) is 7.88. The Morgan fingerprint density at radius 3 is 1.93 bits per heavy atom. The number of oxazole rings is 2. The molecule has 1 aliphatic carbocycles. The fourth-order valence-electron chi connectivity index (χ4n) is 6.76. The first-order chi connectivity index (χ1) is 25.8. The predicted molar refractivity (Wildman–Crippen MR) is 188 cm³/mol. The SMILES string of the molecule is [2H]c1c([2H])c([2H])c2oc(-c3cc(-c4ccc5c(c4)C(C)(C)c4cc6sc7ccccc7c6cc4-5)cc(-c4nc5c([2H])c([2H])c([2H])c([2H])c5o4)c3)nc2c1[2H]. The molecular weight excluding hydrogens is 585 g/mol. The quantitative estimate of drug-likeness (QED) is 0.198. The van der Waals surface area contributed by atoms with Crippen LogP contribution in [0.2, 0.25) is 0 Å². The number of aromatic nitrogens is 2. The third kappa shape index (κ3) is 3.72. The van der Waals surface area contributed by atoms with E-state index < -0.39 is 24.2 Å². The van der Waals surface area contributed by atoms with Crippen LogP contribution < -0.4 is 0 Å². The third-order valence-electron chi connectivity index (χ3n) is 9.03. The molecule has 0 saturated carbocycles. The molecule has 0 spiro atoms. The maximum atomic E-state index is 8.43. The number of para-hydroxylation sites is 4. The Hall–Kier alpha value is -5.52. The number of thiophene rings is 1. The molecule has 0 N–H and O–H groups in total. The summed E-state index contributed by atoms with van der Waals surface area (Å²) in [5.74, 6) is 0.114.